The summed E-state index contributed by atoms with van der Waals surface area (Å²) >= 11 is 2.21. The summed E-state index contributed by atoms with van der Waals surface area (Å²) in [4.78, 5) is 48.2. The van der Waals surface area contributed by atoms with Gasteiger partial charge in [0.2, 0.25) is 17.7 Å². The molecular formula is C20H22N8O5S2. The molecule has 0 bridgehead atoms. The Morgan fingerprint density at radius 2 is 2.14 bits per heavy atom. The predicted octanol–water partition coefficient (Wildman–Crippen LogP) is -2.03. The molecule has 1 saturated heterocycles. The van der Waals surface area contributed by atoms with Gasteiger partial charge in [0.05, 0.1) is 11.7 Å². The van der Waals surface area contributed by atoms with Gasteiger partial charge in [0.1, 0.15) is 18.0 Å². The Morgan fingerprint density at radius 3 is 2.74 bits per heavy atom. The molecule has 2 unspecified atom stereocenters. The molecule has 3 atom stereocenters. The Balaban J connectivity index is 1.58. The second-order valence-corrected chi connectivity index (χ2v) is 9.24. The van der Waals surface area contributed by atoms with Crippen LogP contribution in [0.25, 0.3) is 0 Å². The number of oxime groups is 1. The summed E-state index contributed by atoms with van der Waals surface area (Å²) in [6.07, 6.45) is 3.07. The average molecular weight is 519 g/mol. The van der Waals surface area contributed by atoms with Gasteiger partial charge in [-0.2, -0.15) is 13.9 Å². The molecule has 0 aromatic carbocycles. The first-order valence-corrected chi connectivity index (χ1v) is 12.3. The summed E-state index contributed by atoms with van der Waals surface area (Å²) in [5.74, 6) is -2.54. The minimum atomic E-state index is -1.47. The summed E-state index contributed by atoms with van der Waals surface area (Å²) in [6, 6.07) is 4.49. The van der Waals surface area contributed by atoms with E-state index in [4.69, 9.17) is 10.6 Å². The van der Waals surface area contributed by atoms with Crippen molar-refractivity contribution in [1.82, 2.24) is 24.9 Å². The summed E-state index contributed by atoms with van der Waals surface area (Å²) in [5, 5.41) is 21.1. The molecule has 13 nitrogen and oxygen atoms in total. The SMILES string of the molecule is CCON=C(C(=O)NC1C(=O)N2C(C(=O)[O-])=C(C(NC)[n+]3ccccc3)CS[C@@H]12)c1nsc(N)n1. The Hall–Kier alpha value is -3.56. The number of aliphatic carboxylic acids is 1. The number of carboxylic acid groups (broad SMARTS) is 1. The second kappa shape index (κ2) is 10.4. The molecule has 0 saturated carbocycles. The molecule has 35 heavy (non-hydrogen) atoms. The van der Waals surface area contributed by atoms with Crippen LogP contribution in [0.2, 0.25) is 0 Å². The number of nitrogens with zero attached hydrogens (tertiary/aromatic N) is 5. The minimum absolute atomic E-state index is 0.0345. The van der Waals surface area contributed by atoms with Gasteiger partial charge in [0, 0.05) is 35.0 Å². The Kier molecular flexibility index (Phi) is 7.28. The number of amides is 2. The lowest BCUT2D eigenvalue weighted by molar-refractivity contribution is -0.719. The number of rotatable bonds is 9. The fourth-order valence-corrected chi connectivity index (χ4v) is 5.60. The van der Waals surface area contributed by atoms with Gasteiger partial charge in [-0.1, -0.05) is 11.2 Å². The maximum Gasteiger partial charge on any atom is 0.278 e. The van der Waals surface area contributed by atoms with Gasteiger partial charge in [-0.15, -0.1) is 11.8 Å². The molecule has 15 heteroatoms. The van der Waals surface area contributed by atoms with Gasteiger partial charge in [0.25, 0.3) is 11.8 Å². The number of aromatic nitrogens is 3. The van der Waals surface area contributed by atoms with E-state index in [-0.39, 0.29) is 29.0 Å². The lowest BCUT2D eigenvalue weighted by Crippen LogP contribution is -2.72. The highest BCUT2D eigenvalue weighted by Crippen LogP contribution is 2.41. The maximum absolute atomic E-state index is 13.0. The smallest absolute Gasteiger partial charge is 0.278 e. The van der Waals surface area contributed by atoms with E-state index in [9.17, 15) is 19.5 Å². The van der Waals surface area contributed by atoms with Crippen molar-refractivity contribution in [3.63, 3.8) is 0 Å². The quantitative estimate of drug-likeness (QED) is 0.145. The zero-order chi connectivity index (χ0) is 25.1. The molecule has 184 valence electrons. The number of pyridine rings is 1. The molecule has 2 aromatic heterocycles. The van der Waals surface area contributed by atoms with Crippen molar-refractivity contribution in [2.75, 3.05) is 25.1 Å². The minimum Gasteiger partial charge on any atom is -0.543 e. The molecule has 0 aliphatic carbocycles. The largest absolute Gasteiger partial charge is 0.543 e. The zero-order valence-corrected chi connectivity index (χ0v) is 20.3. The predicted molar refractivity (Wildman–Crippen MR) is 124 cm³/mol. The van der Waals surface area contributed by atoms with Crippen LogP contribution >= 0.6 is 23.3 Å². The number of nitrogens with two attached hydrogens (primary N) is 1. The number of carboxylic acids is 1. The first kappa shape index (κ1) is 24.6. The van der Waals surface area contributed by atoms with Crippen LogP contribution in [-0.4, -0.2) is 68.6 Å². The van der Waals surface area contributed by atoms with E-state index in [1.165, 1.54) is 11.8 Å². The number of β-lactam (4-membered cyclic amide) rings is 1. The van der Waals surface area contributed by atoms with E-state index in [2.05, 4.69) is 25.1 Å². The van der Waals surface area contributed by atoms with Crippen LogP contribution in [0, 0.1) is 0 Å². The van der Waals surface area contributed by atoms with Crippen molar-refractivity contribution < 1.29 is 28.9 Å². The number of nitrogens with one attached hydrogen (secondary N) is 2. The lowest BCUT2D eigenvalue weighted by atomic mass is 10.0. The highest BCUT2D eigenvalue weighted by Gasteiger charge is 2.54. The van der Waals surface area contributed by atoms with Crippen LogP contribution in [0.5, 0.6) is 0 Å². The van der Waals surface area contributed by atoms with E-state index in [1.807, 2.05) is 18.2 Å². The molecule has 0 spiro atoms. The highest BCUT2D eigenvalue weighted by molar-refractivity contribution is 8.00. The zero-order valence-electron chi connectivity index (χ0n) is 18.7. The number of likely N-dealkylation sites (N-methyl/N-ethyl adjacent to an activating group) is 1. The van der Waals surface area contributed by atoms with E-state index < -0.39 is 35.4 Å². The van der Waals surface area contributed by atoms with E-state index >= 15 is 0 Å². The number of hydrogen-bond acceptors (Lipinski definition) is 12. The van der Waals surface area contributed by atoms with Gasteiger partial charge in [0.15, 0.2) is 17.5 Å². The van der Waals surface area contributed by atoms with Gasteiger partial charge >= 0.3 is 0 Å². The maximum atomic E-state index is 13.0. The molecular weight excluding hydrogens is 496 g/mol. The van der Waals surface area contributed by atoms with Crippen LogP contribution in [-0.2, 0) is 19.2 Å². The number of thioether (sulfide) groups is 1. The van der Waals surface area contributed by atoms with E-state index in [0.717, 1.165) is 16.4 Å². The number of hydrogen-bond donors (Lipinski definition) is 3. The molecule has 4 heterocycles. The Morgan fingerprint density at radius 1 is 1.40 bits per heavy atom. The molecule has 2 aliphatic rings. The highest BCUT2D eigenvalue weighted by atomic mass is 32.2. The van der Waals surface area contributed by atoms with Gasteiger partial charge < -0.3 is 25.8 Å². The number of anilines is 1. The first-order chi connectivity index (χ1) is 16.9. The van der Waals surface area contributed by atoms with Crippen LogP contribution in [0.1, 0.15) is 18.9 Å². The van der Waals surface area contributed by atoms with Crippen LogP contribution in [0.3, 0.4) is 0 Å². The second-order valence-electron chi connectivity index (χ2n) is 7.35. The average Bonchev–Trinajstić information content (AvgIpc) is 3.29. The van der Waals surface area contributed by atoms with Crippen molar-refractivity contribution in [3.8, 4) is 0 Å². The number of fused-ring (bicyclic) bond motifs is 1. The fourth-order valence-electron chi connectivity index (χ4n) is 3.78. The van der Waals surface area contributed by atoms with Crippen LogP contribution in [0.4, 0.5) is 5.13 Å². The third-order valence-electron chi connectivity index (χ3n) is 5.27. The normalized spacial score (nSPS) is 20.7. The third-order valence-corrected chi connectivity index (χ3v) is 7.12. The van der Waals surface area contributed by atoms with Crippen molar-refractivity contribution in [2.45, 2.75) is 24.5 Å². The lowest BCUT2D eigenvalue weighted by Gasteiger charge is -2.50. The van der Waals surface area contributed by atoms with Crippen molar-refractivity contribution in [2.24, 2.45) is 5.16 Å². The van der Waals surface area contributed by atoms with Gasteiger partial charge in [-0.3, -0.25) is 19.8 Å². The van der Waals surface area contributed by atoms with Crippen molar-refractivity contribution in [3.05, 3.63) is 47.7 Å². The van der Waals surface area contributed by atoms with Crippen LogP contribution < -0.4 is 26.0 Å². The van der Waals surface area contributed by atoms with Crippen molar-refractivity contribution in [1.29, 1.82) is 0 Å². The summed E-state index contributed by atoms with van der Waals surface area (Å²) in [6.45, 7) is 1.88. The first-order valence-electron chi connectivity index (χ1n) is 10.5. The molecule has 0 radical (unpaired) electrons. The van der Waals surface area contributed by atoms with Gasteiger partial charge in [-0.05, 0) is 14.0 Å². The standard InChI is InChI=1S/C20H22N8O5S2/c1-3-33-25-11(14-24-20(21)35-26-14)16(29)23-12-17(30)28-13(19(31)32)10(9-34-18(12)28)15(22-2)27-7-5-4-6-8-27/h4-8,12,15,18,22H,3,9H2,1-2H3,(H3-,21,23,24,26,29,31,32)/t12?,15?,18-/m0/s1. The summed E-state index contributed by atoms with van der Waals surface area (Å²) in [7, 11) is 1.70. The molecule has 4 N–H and O–H groups in total. The number of carbonyl (C=O) groups excluding carboxylic acids is 3. The Labute approximate surface area is 208 Å². The van der Waals surface area contributed by atoms with E-state index in [0.29, 0.717) is 11.3 Å². The van der Waals surface area contributed by atoms with Crippen LogP contribution in [0.15, 0.2) is 47.0 Å². The monoisotopic (exact) mass is 518 g/mol. The molecule has 2 aliphatic heterocycles. The number of carbonyl (C=O) groups is 3. The van der Waals surface area contributed by atoms with E-state index in [1.54, 1.807) is 30.9 Å². The fraction of sp³-hybridized carbons (Fsp3) is 0.350. The molecule has 2 amide bonds. The van der Waals surface area contributed by atoms with Gasteiger partial charge in [-0.25, -0.2) is 0 Å². The van der Waals surface area contributed by atoms with Crippen molar-refractivity contribution >= 4 is 51.9 Å². The molecule has 4 rings (SSSR count). The Bertz CT molecular complexity index is 1200. The summed E-state index contributed by atoms with van der Waals surface area (Å²) in [5.41, 5.74) is 5.64. The molecule has 2 aromatic rings. The number of nitrogen functional groups attached to an aromatic ring is 1. The molecule has 1 fully saturated rings. The third kappa shape index (κ3) is 4.69. The summed E-state index contributed by atoms with van der Waals surface area (Å²) < 4.78 is 5.77. The topological polar surface area (TPSA) is 179 Å².